The zero-order chi connectivity index (χ0) is 28.4. The number of sulfonamides is 2. The van der Waals surface area contributed by atoms with E-state index in [1.807, 2.05) is 6.92 Å². The minimum absolute atomic E-state index is 0.0170. The maximum atomic E-state index is 13.4. The number of aliphatic hydroxyl groups is 1. The van der Waals surface area contributed by atoms with Crippen molar-refractivity contribution in [3.8, 4) is 5.75 Å². The van der Waals surface area contributed by atoms with Crippen LogP contribution < -0.4 is 9.46 Å². The van der Waals surface area contributed by atoms with Crippen LogP contribution in [-0.4, -0.2) is 75.9 Å². The van der Waals surface area contributed by atoms with Gasteiger partial charge in [-0.15, -0.1) is 22.7 Å². The summed E-state index contributed by atoms with van der Waals surface area (Å²) in [6.45, 7) is 3.62. The highest BCUT2D eigenvalue weighted by molar-refractivity contribution is 7.94. The molecule has 1 aliphatic heterocycles. The number of nitrogens with zero attached hydrogens (tertiary/aromatic N) is 2. The first-order chi connectivity index (χ1) is 18.4. The summed E-state index contributed by atoms with van der Waals surface area (Å²) < 4.78 is 62.3. The van der Waals surface area contributed by atoms with Crippen LogP contribution in [0.4, 0.5) is 5.69 Å². The van der Waals surface area contributed by atoms with Crippen LogP contribution in [0.2, 0.25) is 0 Å². The zero-order valence-corrected chi connectivity index (χ0v) is 24.9. The number of likely N-dealkylation sites (N-methyl/N-ethyl adjacent to an activating group) is 1. The molecule has 2 N–H and O–H groups in total. The number of thiophene rings is 2. The van der Waals surface area contributed by atoms with Crippen LogP contribution in [0.1, 0.15) is 19.4 Å². The standard InChI is InChI=1S/C25H31N3O7S4/c1-17-14-28(18(2)16-29)23(30)13-19-12-20(26-38(31,32)24-6-4-10-36-24)8-9-21(19)35-22(17)15-27(3)39(33,34)25-7-5-11-37-25/h4-12,17-18,22,26,29H,13-16H2,1-3H3/t17-,18+,22-/m0/s1. The van der Waals surface area contributed by atoms with Gasteiger partial charge in [-0.05, 0) is 48.0 Å². The number of anilines is 1. The van der Waals surface area contributed by atoms with Crippen LogP contribution in [0.3, 0.4) is 0 Å². The van der Waals surface area contributed by atoms with E-state index in [1.54, 1.807) is 59.0 Å². The Balaban J connectivity index is 1.68. The Morgan fingerprint density at radius 3 is 2.41 bits per heavy atom. The molecule has 10 nitrogen and oxygen atoms in total. The quantitative estimate of drug-likeness (QED) is 0.379. The molecule has 0 aliphatic carbocycles. The highest BCUT2D eigenvalue weighted by atomic mass is 32.3. The molecule has 39 heavy (non-hydrogen) atoms. The van der Waals surface area contributed by atoms with Crippen molar-refractivity contribution in [2.45, 2.75) is 40.8 Å². The summed E-state index contributed by atoms with van der Waals surface area (Å²) in [7, 11) is -6.07. The van der Waals surface area contributed by atoms with Crippen LogP contribution in [-0.2, 0) is 31.3 Å². The van der Waals surface area contributed by atoms with E-state index < -0.39 is 32.2 Å². The first-order valence-electron chi connectivity index (χ1n) is 12.2. The third-order valence-electron chi connectivity index (χ3n) is 6.53. The molecule has 3 atom stereocenters. The fraction of sp³-hybridized carbons (Fsp3) is 0.400. The summed E-state index contributed by atoms with van der Waals surface area (Å²) in [5.74, 6) is -0.196. The third kappa shape index (κ3) is 6.64. The maximum Gasteiger partial charge on any atom is 0.271 e. The molecule has 3 heterocycles. The topological polar surface area (TPSA) is 133 Å². The van der Waals surface area contributed by atoms with Gasteiger partial charge in [0.1, 0.15) is 20.3 Å². The van der Waals surface area contributed by atoms with E-state index in [4.69, 9.17) is 4.74 Å². The van der Waals surface area contributed by atoms with Crippen molar-refractivity contribution < 1.29 is 31.5 Å². The Morgan fingerprint density at radius 1 is 1.13 bits per heavy atom. The lowest BCUT2D eigenvalue weighted by atomic mass is 10.0. The number of fused-ring (bicyclic) bond motifs is 1. The van der Waals surface area contributed by atoms with E-state index in [1.165, 1.54) is 17.4 Å². The normalized spacial score (nSPS) is 19.5. The highest BCUT2D eigenvalue weighted by Gasteiger charge is 2.34. The summed E-state index contributed by atoms with van der Waals surface area (Å²) in [4.78, 5) is 14.9. The number of aliphatic hydroxyl groups excluding tert-OH is 1. The van der Waals surface area contributed by atoms with Gasteiger partial charge in [-0.25, -0.2) is 16.8 Å². The third-order valence-corrected chi connectivity index (χ3v) is 12.5. The van der Waals surface area contributed by atoms with Gasteiger partial charge in [0, 0.05) is 30.8 Å². The summed E-state index contributed by atoms with van der Waals surface area (Å²) >= 11 is 2.21. The van der Waals surface area contributed by atoms with Crippen molar-refractivity contribution in [3.05, 3.63) is 58.8 Å². The second kappa shape index (κ2) is 11.9. The van der Waals surface area contributed by atoms with Crippen molar-refractivity contribution in [1.82, 2.24) is 9.21 Å². The van der Waals surface area contributed by atoms with E-state index in [-0.39, 0.29) is 52.0 Å². The molecular formula is C25H31N3O7S4. The predicted molar refractivity (Wildman–Crippen MR) is 151 cm³/mol. The van der Waals surface area contributed by atoms with Gasteiger partial charge in [-0.2, -0.15) is 4.31 Å². The van der Waals surface area contributed by atoms with E-state index in [2.05, 4.69) is 4.72 Å². The number of ether oxygens (including phenoxy) is 1. The number of amides is 1. The number of nitrogens with one attached hydrogen (secondary N) is 1. The van der Waals surface area contributed by atoms with Crippen LogP contribution in [0.25, 0.3) is 0 Å². The van der Waals surface area contributed by atoms with Crippen molar-refractivity contribution in [3.63, 3.8) is 0 Å². The molecule has 0 fully saturated rings. The van der Waals surface area contributed by atoms with Crippen molar-refractivity contribution in [2.24, 2.45) is 5.92 Å². The largest absolute Gasteiger partial charge is 0.488 e. The van der Waals surface area contributed by atoms with Crippen molar-refractivity contribution in [2.75, 3.05) is 31.5 Å². The number of rotatable bonds is 9. The first-order valence-corrected chi connectivity index (χ1v) is 16.9. The SMILES string of the molecule is C[C@H](CO)N1C[C@H](C)[C@H](CN(C)S(=O)(=O)c2cccs2)Oc2ccc(NS(=O)(=O)c3cccs3)cc2CC1=O. The summed E-state index contributed by atoms with van der Waals surface area (Å²) in [6.07, 6.45) is -0.728. The monoisotopic (exact) mass is 613 g/mol. The molecule has 1 aliphatic rings. The molecule has 4 rings (SSSR count). The molecule has 0 radical (unpaired) electrons. The molecule has 1 aromatic carbocycles. The first kappa shape index (κ1) is 29.5. The lowest BCUT2D eigenvalue weighted by molar-refractivity contribution is -0.134. The number of hydrogen-bond acceptors (Lipinski definition) is 9. The number of carbonyl (C=O) groups excluding carboxylic acids is 1. The van der Waals surface area contributed by atoms with E-state index in [9.17, 15) is 26.7 Å². The Kier molecular flexibility index (Phi) is 9.03. The van der Waals surface area contributed by atoms with Crippen LogP contribution in [0.5, 0.6) is 5.75 Å². The number of carbonyl (C=O) groups is 1. The van der Waals surface area contributed by atoms with Gasteiger partial charge in [-0.3, -0.25) is 9.52 Å². The fourth-order valence-electron chi connectivity index (χ4n) is 4.25. The lowest BCUT2D eigenvalue weighted by Crippen LogP contribution is -2.48. The Morgan fingerprint density at radius 2 is 1.79 bits per heavy atom. The Labute approximate surface area is 236 Å². The molecule has 3 aromatic rings. The molecule has 0 saturated carbocycles. The van der Waals surface area contributed by atoms with Crippen LogP contribution >= 0.6 is 22.7 Å². The van der Waals surface area contributed by atoms with E-state index in [0.717, 1.165) is 22.7 Å². The van der Waals surface area contributed by atoms with Gasteiger partial charge >= 0.3 is 0 Å². The van der Waals surface area contributed by atoms with E-state index >= 15 is 0 Å². The molecule has 212 valence electrons. The average Bonchev–Trinajstić information content (AvgIpc) is 3.62. The molecular weight excluding hydrogens is 583 g/mol. The second-order valence-electron chi connectivity index (χ2n) is 9.47. The molecule has 1 amide bonds. The van der Waals surface area contributed by atoms with Gasteiger partial charge < -0.3 is 14.7 Å². The van der Waals surface area contributed by atoms with Gasteiger partial charge in [-0.1, -0.05) is 19.1 Å². The number of benzene rings is 1. The second-order valence-corrected chi connectivity index (χ2v) is 15.5. The highest BCUT2D eigenvalue weighted by Crippen LogP contribution is 2.31. The number of hydrogen-bond donors (Lipinski definition) is 2. The molecule has 0 bridgehead atoms. The Bertz CT molecular complexity index is 1490. The molecule has 0 unspecified atom stereocenters. The van der Waals surface area contributed by atoms with Crippen LogP contribution in [0.15, 0.2) is 61.6 Å². The summed E-state index contributed by atoms with van der Waals surface area (Å²) in [5.41, 5.74) is 0.714. The lowest BCUT2D eigenvalue weighted by Gasteiger charge is -2.33. The molecule has 14 heteroatoms. The Hall–Kier alpha value is -2.49. The smallest absolute Gasteiger partial charge is 0.271 e. The van der Waals surface area contributed by atoms with Gasteiger partial charge in [0.2, 0.25) is 5.91 Å². The maximum absolute atomic E-state index is 13.4. The van der Waals surface area contributed by atoms with Gasteiger partial charge in [0.15, 0.2) is 0 Å². The fourth-order valence-corrected chi connectivity index (χ4v) is 8.67. The van der Waals surface area contributed by atoms with Crippen LogP contribution in [0, 0.1) is 5.92 Å². The minimum atomic E-state index is -3.81. The van der Waals surface area contributed by atoms with Gasteiger partial charge in [0.25, 0.3) is 20.0 Å². The summed E-state index contributed by atoms with van der Waals surface area (Å²) in [5, 5.41) is 13.2. The summed E-state index contributed by atoms with van der Waals surface area (Å²) in [6, 6.07) is 10.6. The van der Waals surface area contributed by atoms with Crippen molar-refractivity contribution >= 4 is 54.3 Å². The molecule has 0 saturated heterocycles. The van der Waals surface area contributed by atoms with E-state index in [0.29, 0.717) is 11.3 Å². The van der Waals surface area contributed by atoms with Crippen molar-refractivity contribution in [1.29, 1.82) is 0 Å². The average molecular weight is 614 g/mol. The zero-order valence-electron chi connectivity index (χ0n) is 21.7. The molecule has 2 aromatic heterocycles. The minimum Gasteiger partial charge on any atom is -0.488 e. The molecule has 0 spiro atoms. The van der Waals surface area contributed by atoms with Gasteiger partial charge in [0.05, 0.1) is 25.6 Å². The predicted octanol–water partition coefficient (Wildman–Crippen LogP) is 3.08.